The number of fused-ring (bicyclic) bond motifs is 9. The fourth-order valence-electron chi connectivity index (χ4n) is 7.67. The fraction of sp³-hybridized carbons (Fsp3) is 0.0698. The van der Waals surface area contributed by atoms with E-state index in [1.165, 1.54) is 54.7 Å². The lowest BCUT2D eigenvalue weighted by Crippen LogP contribution is -1.99. The maximum Gasteiger partial charge on any atom is 0.180 e. The topological polar surface area (TPSA) is 48.8 Å². The Bertz CT molecular complexity index is 2870. The molecule has 10 aromatic rings. The molecule has 48 heavy (non-hydrogen) atoms. The molecule has 0 amide bonds. The van der Waals surface area contributed by atoms with Crippen molar-refractivity contribution in [2.45, 2.75) is 19.9 Å². The highest BCUT2D eigenvalue weighted by atomic mass is 16.3. The molecular formula is C43H30N4O. The van der Waals surface area contributed by atoms with Gasteiger partial charge < -0.3 is 13.6 Å². The van der Waals surface area contributed by atoms with Crippen molar-refractivity contribution < 1.29 is 4.42 Å². The summed E-state index contributed by atoms with van der Waals surface area (Å²) < 4.78 is 11.0. The molecule has 0 saturated carbocycles. The predicted molar refractivity (Wildman–Crippen MR) is 198 cm³/mol. The van der Waals surface area contributed by atoms with Crippen LogP contribution < -0.4 is 0 Å². The van der Waals surface area contributed by atoms with Crippen molar-refractivity contribution in [3.8, 4) is 28.1 Å². The quantitative estimate of drug-likeness (QED) is 0.197. The van der Waals surface area contributed by atoms with Gasteiger partial charge in [-0.3, -0.25) is 0 Å². The number of hydrogen-bond acceptors (Lipinski definition) is 3. The van der Waals surface area contributed by atoms with Gasteiger partial charge in [0.15, 0.2) is 5.58 Å². The zero-order valence-corrected chi connectivity index (χ0v) is 26.6. The third-order valence-electron chi connectivity index (χ3n) is 9.79. The molecule has 0 unspecified atom stereocenters. The van der Waals surface area contributed by atoms with E-state index in [-0.39, 0.29) is 0 Å². The molecule has 5 heteroatoms. The lowest BCUT2D eigenvalue weighted by Gasteiger charge is -2.12. The van der Waals surface area contributed by atoms with Crippen molar-refractivity contribution in [1.82, 2.24) is 19.1 Å². The second kappa shape index (κ2) is 10.1. The van der Waals surface area contributed by atoms with Crippen LogP contribution in [-0.2, 0) is 0 Å². The number of para-hydroxylation sites is 3. The van der Waals surface area contributed by atoms with Crippen LogP contribution in [0.3, 0.4) is 0 Å². The second-order valence-electron chi connectivity index (χ2n) is 12.8. The Morgan fingerprint density at radius 2 is 1.08 bits per heavy atom. The molecule has 0 aliphatic heterocycles. The second-order valence-corrected chi connectivity index (χ2v) is 12.8. The Labute approximate surface area is 276 Å². The summed E-state index contributed by atoms with van der Waals surface area (Å²) in [4.78, 5) is 9.17. The van der Waals surface area contributed by atoms with Crippen molar-refractivity contribution in [3.05, 3.63) is 140 Å². The highest BCUT2D eigenvalue weighted by Crippen LogP contribution is 2.39. The molecular weight excluding hydrogens is 589 g/mol. The van der Waals surface area contributed by atoms with E-state index >= 15 is 0 Å². The number of rotatable bonds is 4. The molecule has 0 fully saturated rings. The van der Waals surface area contributed by atoms with E-state index in [2.05, 4.69) is 142 Å². The van der Waals surface area contributed by atoms with Crippen molar-refractivity contribution in [2.75, 3.05) is 0 Å². The van der Waals surface area contributed by atoms with E-state index in [1.54, 1.807) is 6.33 Å². The van der Waals surface area contributed by atoms with Gasteiger partial charge in [-0.2, -0.15) is 0 Å². The first kappa shape index (κ1) is 27.0. The molecule has 5 nitrogen and oxygen atoms in total. The molecule has 0 aliphatic carbocycles. The summed E-state index contributed by atoms with van der Waals surface area (Å²) in [5.74, 6) is 0. The summed E-state index contributed by atoms with van der Waals surface area (Å²) in [6, 6.07) is 48.2. The van der Waals surface area contributed by atoms with E-state index in [0.717, 1.165) is 33.4 Å². The number of benzene rings is 6. The maximum atomic E-state index is 6.23. The van der Waals surface area contributed by atoms with Crippen molar-refractivity contribution in [2.24, 2.45) is 0 Å². The molecule has 0 atom stereocenters. The SMILES string of the molecule is CC(C)n1c2ccccc2c2cc(-c3ccc4c(c3)c3ccccc3n4-c3ccc(-c4ncnc5c4oc4ccccc45)cc3)ccc21. The van der Waals surface area contributed by atoms with E-state index in [0.29, 0.717) is 11.6 Å². The molecule has 10 rings (SSSR count). The minimum Gasteiger partial charge on any atom is -0.452 e. The largest absolute Gasteiger partial charge is 0.452 e. The van der Waals surface area contributed by atoms with Crippen molar-refractivity contribution in [3.63, 3.8) is 0 Å². The average molecular weight is 619 g/mol. The summed E-state index contributed by atoms with van der Waals surface area (Å²) >= 11 is 0. The highest BCUT2D eigenvalue weighted by molar-refractivity contribution is 6.12. The molecule has 0 saturated heterocycles. The number of nitrogens with zero attached hydrogens (tertiary/aromatic N) is 4. The minimum atomic E-state index is 0.377. The first-order chi connectivity index (χ1) is 23.6. The van der Waals surface area contributed by atoms with Crippen LogP contribution in [0.15, 0.2) is 144 Å². The van der Waals surface area contributed by atoms with Crippen LogP contribution in [0.5, 0.6) is 0 Å². The monoisotopic (exact) mass is 618 g/mol. The third kappa shape index (κ3) is 3.85. The van der Waals surface area contributed by atoms with Gasteiger partial charge in [0.25, 0.3) is 0 Å². The zero-order chi connectivity index (χ0) is 31.9. The van der Waals surface area contributed by atoms with Gasteiger partial charge in [-0.1, -0.05) is 72.8 Å². The Morgan fingerprint density at radius 3 is 1.83 bits per heavy atom. The van der Waals surface area contributed by atoms with Gasteiger partial charge >= 0.3 is 0 Å². The predicted octanol–water partition coefficient (Wildman–Crippen LogP) is 11.5. The Morgan fingerprint density at radius 1 is 0.521 bits per heavy atom. The Kier molecular flexibility index (Phi) is 5.70. The first-order valence-electron chi connectivity index (χ1n) is 16.4. The van der Waals surface area contributed by atoms with E-state index in [9.17, 15) is 0 Å². The summed E-state index contributed by atoms with van der Waals surface area (Å²) in [5, 5.41) is 6.06. The van der Waals surface area contributed by atoms with Crippen LogP contribution in [0.1, 0.15) is 19.9 Å². The van der Waals surface area contributed by atoms with Crippen LogP contribution in [0.4, 0.5) is 0 Å². The van der Waals surface area contributed by atoms with E-state index in [4.69, 9.17) is 4.42 Å². The summed E-state index contributed by atoms with van der Waals surface area (Å²) in [5.41, 5.74) is 12.6. The van der Waals surface area contributed by atoms with Crippen LogP contribution in [0.2, 0.25) is 0 Å². The van der Waals surface area contributed by atoms with Gasteiger partial charge in [0.2, 0.25) is 0 Å². The zero-order valence-electron chi connectivity index (χ0n) is 26.6. The minimum absolute atomic E-state index is 0.377. The molecule has 6 aromatic carbocycles. The molecule has 0 radical (unpaired) electrons. The Balaban J connectivity index is 1.10. The fourth-order valence-corrected chi connectivity index (χ4v) is 7.67. The first-order valence-corrected chi connectivity index (χ1v) is 16.4. The van der Waals surface area contributed by atoms with Gasteiger partial charge in [0.1, 0.15) is 23.1 Å². The molecule has 0 bridgehead atoms. The summed E-state index contributed by atoms with van der Waals surface area (Å²) in [7, 11) is 0. The van der Waals surface area contributed by atoms with E-state index in [1.807, 2.05) is 24.3 Å². The lowest BCUT2D eigenvalue weighted by molar-refractivity contribution is 0.642. The Hall–Kier alpha value is -6.20. The molecule has 0 aliphatic rings. The number of aromatic nitrogens is 4. The average Bonchev–Trinajstić information content (AvgIpc) is 3.79. The van der Waals surface area contributed by atoms with Crippen LogP contribution in [0.25, 0.3) is 93.8 Å². The molecule has 228 valence electrons. The number of hydrogen-bond donors (Lipinski definition) is 0. The summed E-state index contributed by atoms with van der Waals surface area (Å²) in [6.07, 6.45) is 1.62. The van der Waals surface area contributed by atoms with Gasteiger partial charge in [0.05, 0.1) is 11.0 Å². The lowest BCUT2D eigenvalue weighted by atomic mass is 10.0. The van der Waals surface area contributed by atoms with Gasteiger partial charge in [-0.05, 0) is 85.6 Å². The highest BCUT2D eigenvalue weighted by Gasteiger charge is 2.18. The molecule has 0 spiro atoms. The standard InChI is InChI=1S/C43H30N4O/c1-26(2)46-36-12-6-3-9-31(36)34-23-28(17-21-38(34)46)29-18-22-39-35(24-29)32-10-4-7-13-37(32)47(39)30-19-15-27(16-20-30)41-43-42(45-25-44-41)33-11-5-8-14-40(33)48-43/h3-26H,1-2H3. The van der Waals surface area contributed by atoms with Crippen LogP contribution >= 0.6 is 0 Å². The normalized spacial score (nSPS) is 12.1. The van der Waals surface area contributed by atoms with Crippen molar-refractivity contribution >= 4 is 65.7 Å². The third-order valence-corrected chi connectivity index (χ3v) is 9.79. The van der Waals surface area contributed by atoms with Crippen LogP contribution in [0, 0.1) is 0 Å². The van der Waals surface area contributed by atoms with Gasteiger partial charge in [0, 0.05) is 55.3 Å². The molecule has 4 aromatic heterocycles. The maximum absolute atomic E-state index is 6.23. The summed E-state index contributed by atoms with van der Waals surface area (Å²) in [6.45, 7) is 4.51. The van der Waals surface area contributed by atoms with E-state index < -0.39 is 0 Å². The van der Waals surface area contributed by atoms with Crippen LogP contribution in [-0.4, -0.2) is 19.1 Å². The smallest absolute Gasteiger partial charge is 0.180 e. The number of furan rings is 1. The van der Waals surface area contributed by atoms with Gasteiger partial charge in [-0.15, -0.1) is 0 Å². The van der Waals surface area contributed by atoms with Crippen molar-refractivity contribution in [1.29, 1.82) is 0 Å². The van der Waals surface area contributed by atoms with Gasteiger partial charge in [-0.25, -0.2) is 9.97 Å². The molecule has 4 heterocycles. The molecule has 0 N–H and O–H groups in total.